The molecule has 0 bridgehead atoms. The maximum Gasteiger partial charge on any atom is 0.226 e. The summed E-state index contributed by atoms with van der Waals surface area (Å²) in [4.78, 5) is 12.7. The third kappa shape index (κ3) is 9.11. The van der Waals surface area contributed by atoms with Gasteiger partial charge >= 0.3 is 0 Å². The van der Waals surface area contributed by atoms with Crippen LogP contribution in [0, 0.1) is 5.41 Å². The van der Waals surface area contributed by atoms with E-state index in [0.717, 1.165) is 6.42 Å². The number of carbonyl (C=O) groups excluding carboxylic acids is 1. The fraction of sp³-hybridized carbons (Fsp3) is 0.882. The largest absolute Gasteiger partial charge is 0.366 e. The number of thiocarbonyl (C=S) groups is 1. The van der Waals surface area contributed by atoms with Crippen molar-refractivity contribution in [1.29, 1.82) is 0 Å². The van der Waals surface area contributed by atoms with Gasteiger partial charge in [0, 0.05) is 29.1 Å². The van der Waals surface area contributed by atoms with Crippen LogP contribution in [0.15, 0.2) is 0 Å². The molecule has 0 fully saturated rings. The number of amides is 1. The van der Waals surface area contributed by atoms with Gasteiger partial charge in [0.05, 0.1) is 0 Å². The summed E-state index contributed by atoms with van der Waals surface area (Å²) >= 11 is 5.18. The van der Waals surface area contributed by atoms with Crippen LogP contribution in [0.2, 0.25) is 0 Å². The lowest BCUT2D eigenvalue weighted by molar-refractivity contribution is -0.132. The highest BCUT2D eigenvalue weighted by Crippen LogP contribution is 2.29. The molecule has 0 aromatic rings. The van der Waals surface area contributed by atoms with Gasteiger partial charge in [0.15, 0.2) is 5.11 Å². The summed E-state index contributed by atoms with van der Waals surface area (Å²) < 4.78 is 0. The molecule has 0 heterocycles. The zero-order chi connectivity index (χ0) is 18.7. The van der Waals surface area contributed by atoms with Gasteiger partial charge in [-0.15, -0.1) is 0 Å². The molecule has 0 aliphatic heterocycles. The summed E-state index contributed by atoms with van der Waals surface area (Å²) in [6.07, 6.45) is 1.35. The maximum atomic E-state index is 12.7. The van der Waals surface area contributed by atoms with E-state index in [2.05, 4.69) is 29.8 Å². The van der Waals surface area contributed by atoms with Gasteiger partial charge in [-0.25, -0.2) is 0 Å². The molecular formula is C17H36N4OS. The molecule has 5 nitrogen and oxygen atoms in total. The smallest absolute Gasteiger partial charge is 0.226 e. The Morgan fingerprint density at radius 2 is 1.35 bits per heavy atom. The summed E-state index contributed by atoms with van der Waals surface area (Å²) in [5.41, 5.74) is 4.57. The van der Waals surface area contributed by atoms with E-state index in [1.54, 1.807) is 7.05 Å². The lowest BCUT2D eigenvalue weighted by Crippen LogP contribution is -2.57. The standard InChI is InChI=1S/C17H36N4OS/c1-14(2,10-15(3,4)18)12(22)20-16(5,6)11-17(7,8)21-13(23)19-9/h10-11,18H2,1-9H3,(H,20,22)(H2,19,21,23). The molecule has 23 heavy (non-hydrogen) atoms. The Morgan fingerprint density at radius 3 is 1.74 bits per heavy atom. The molecule has 0 radical (unpaired) electrons. The number of nitrogens with one attached hydrogen (secondary N) is 3. The number of nitrogens with two attached hydrogens (primary N) is 1. The maximum absolute atomic E-state index is 12.7. The van der Waals surface area contributed by atoms with Crippen LogP contribution < -0.4 is 21.7 Å². The van der Waals surface area contributed by atoms with Crippen LogP contribution in [0.4, 0.5) is 0 Å². The molecule has 0 aromatic heterocycles. The highest BCUT2D eigenvalue weighted by Gasteiger charge is 2.37. The van der Waals surface area contributed by atoms with Gasteiger partial charge in [-0.1, -0.05) is 13.8 Å². The fourth-order valence-corrected chi connectivity index (χ4v) is 3.54. The average Bonchev–Trinajstić information content (AvgIpc) is 2.21. The molecule has 0 unspecified atom stereocenters. The van der Waals surface area contributed by atoms with Crippen LogP contribution in [0.5, 0.6) is 0 Å². The summed E-state index contributed by atoms with van der Waals surface area (Å²) in [5, 5.41) is 9.95. The first-order valence-corrected chi connectivity index (χ1v) is 8.52. The highest BCUT2D eigenvalue weighted by atomic mass is 32.1. The van der Waals surface area contributed by atoms with Gasteiger partial charge in [0.2, 0.25) is 5.91 Å². The van der Waals surface area contributed by atoms with Crippen molar-refractivity contribution < 1.29 is 4.79 Å². The van der Waals surface area contributed by atoms with Gasteiger partial charge in [0.1, 0.15) is 0 Å². The first-order chi connectivity index (χ1) is 10.00. The predicted molar refractivity (Wildman–Crippen MR) is 102 cm³/mol. The van der Waals surface area contributed by atoms with Crippen LogP contribution in [-0.2, 0) is 4.79 Å². The minimum Gasteiger partial charge on any atom is -0.366 e. The number of rotatable bonds is 7. The van der Waals surface area contributed by atoms with Gasteiger partial charge < -0.3 is 21.7 Å². The second-order valence-corrected chi connectivity index (χ2v) is 9.56. The molecule has 0 aliphatic rings. The first kappa shape index (κ1) is 22.1. The molecule has 1 amide bonds. The summed E-state index contributed by atoms with van der Waals surface area (Å²) in [6.45, 7) is 16.0. The molecule has 0 rings (SSSR count). The Morgan fingerprint density at radius 1 is 0.913 bits per heavy atom. The molecule has 0 atom stereocenters. The van der Waals surface area contributed by atoms with E-state index in [-0.39, 0.29) is 22.5 Å². The third-order valence-corrected chi connectivity index (χ3v) is 3.83. The Bertz CT molecular complexity index is 436. The Hall–Kier alpha value is -0.880. The molecule has 136 valence electrons. The molecule has 0 saturated carbocycles. The predicted octanol–water partition coefficient (Wildman–Crippen LogP) is 2.30. The SMILES string of the molecule is CNC(=S)NC(C)(C)CC(C)(C)NC(=O)C(C)(C)CC(C)(C)N. The van der Waals surface area contributed by atoms with Crippen molar-refractivity contribution in [2.24, 2.45) is 11.1 Å². The number of hydrogen-bond donors (Lipinski definition) is 4. The molecule has 0 aromatic carbocycles. The number of carbonyl (C=O) groups is 1. The molecule has 5 N–H and O–H groups in total. The van der Waals surface area contributed by atoms with Crippen molar-refractivity contribution in [3.63, 3.8) is 0 Å². The second-order valence-electron chi connectivity index (χ2n) is 9.15. The molecule has 0 saturated heterocycles. The minimum atomic E-state index is -0.520. The summed E-state index contributed by atoms with van der Waals surface area (Å²) in [7, 11) is 1.79. The van der Waals surface area contributed by atoms with E-state index in [0.29, 0.717) is 11.5 Å². The van der Waals surface area contributed by atoms with Crippen LogP contribution in [-0.4, -0.2) is 34.7 Å². The second kappa shape index (κ2) is 7.34. The average molecular weight is 345 g/mol. The zero-order valence-corrected chi connectivity index (χ0v) is 17.1. The Labute approximate surface area is 147 Å². The van der Waals surface area contributed by atoms with Crippen molar-refractivity contribution in [1.82, 2.24) is 16.0 Å². The summed E-state index contributed by atoms with van der Waals surface area (Å²) in [6, 6.07) is 0. The molecular weight excluding hydrogens is 308 g/mol. The van der Waals surface area contributed by atoms with Crippen LogP contribution in [0.3, 0.4) is 0 Å². The van der Waals surface area contributed by atoms with E-state index >= 15 is 0 Å². The topological polar surface area (TPSA) is 79.2 Å². The lowest BCUT2D eigenvalue weighted by Gasteiger charge is -2.39. The first-order valence-electron chi connectivity index (χ1n) is 8.11. The number of hydrogen-bond acceptors (Lipinski definition) is 3. The molecule has 0 aliphatic carbocycles. The van der Waals surface area contributed by atoms with Gasteiger partial charge in [-0.05, 0) is 66.6 Å². The van der Waals surface area contributed by atoms with E-state index in [4.69, 9.17) is 18.0 Å². The Balaban J connectivity index is 4.91. The van der Waals surface area contributed by atoms with Crippen molar-refractivity contribution in [2.75, 3.05) is 7.05 Å². The van der Waals surface area contributed by atoms with E-state index in [9.17, 15) is 4.79 Å². The lowest BCUT2D eigenvalue weighted by atomic mass is 9.78. The van der Waals surface area contributed by atoms with Crippen molar-refractivity contribution in [3.05, 3.63) is 0 Å². The van der Waals surface area contributed by atoms with E-state index in [1.165, 1.54) is 0 Å². The van der Waals surface area contributed by atoms with Gasteiger partial charge in [-0.3, -0.25) is 4.79 Å². The molecule has 6 heteroatoms. The quantitative estimate of drug-likeness (QED) is 0.533. The van der Waals surface area contributed by atoms with Crippen molar-refractivity contribution in [2.45, 2.75) is 84.8 Å². The van der Waals surface area contributed by atoms with Crippen molar-refractivity contribution in [3.8, 4) is 0 Å². The normalized spacial score (nSPS) is 13.5. The van der Waals surface area contributed by atoms with E-state index in [1.807, 2.05) is 41.5 Å². The van der Waals surface area contributed by atoms with Crippen LogP contribution in [0.1, 0.15) is 68.2 Å². The summed E-state index contributed by atoms with van der Waals surface area (Å²) in [5.74, 6) is 0.0213. The fourth-order valence-electron chi connectivity index (χ4n) is 3.26. The van der Waals surface area contributed by atoms with Crippen LogP contribution in [0.25, 0.3) is 0 Å². The molecule has 0 spiro atoms. The van der Waals surface area contributed by atoms with Crippen molar-refractivity contribution >= 4 is 23.2 Å². The zero-order valence-electron chi connectivity index (χ0n) is 16.3. The monoisotopic (exact) mass is 344 g/mol. The van der Waals surface area contributed by atoms with Gasteiger partial charge in [-0.2, -0.15) is 0 Å². The minimum absolute atomic E-state index is 0.0213. The third-order valence-electron chi connectivity index (χ3n) is 3.53. The highest BCUT2D eigenvalue weighted by molar-refractivity contribution is 7.80. The van der Waals surface area contributed by atoms with Gasteiger partial charge in [0.25, 0.3) is 0 Å². The Kier molecular flexibility index (Phi) is 7.06. The van der Waals surface area contributed by atoms with E-state index < -0.39 is 5.41 Å². The van der Waals surface area contributed by atoms with Crippen LogP contribution >= 0.6 is 12.2 Å².